The molecule has 15 heavy (non-hydrogen) atoms. The van der Waals surface area contributed by atoms with Gasteiger partial charge >= 0.3 is 5.97 Å². The lowest BCUT2D eigenvalue weighted by atomic mass is 10.3. The molecule has 3 N–H and O–H groups in total. The zero-order valence-electron chi connectivity index (χ0n) is 8.16. The molecule has 1 saturated heterocycles. The molecule has 0 aromatic rings. The minimum atomic E-state index is -1.21. The summed E-state index contributed by atoms with van der Waals surface area (Å²) < 4.78 is 0. The molecule has 0 aromatic heterocycles. The minimum absolute atomic E-state index is 0.0190. The average Bonchev–Trinajstić information content (AvgIpc) is 2.21. The highest BCUT2D eigenvalue weighted by molar-refractivity contribution is 5.74. The van der Waals surface area contributed by atoms with Crippen molar-refractivity contribution >= 4 is 5.97 Å². The maximum absolute atomic E-state index is 11.7. The van der Waals surface area contributed by atoms with Crippen LogP contribution in [0.5, 0.6) is 0 Å². The quantitative estimate of drug-likeness (QED) is 0.412. The number of nitrogens with two attached hydrogens (primary N) is 1. The molecule has 8 heteroatoms. The van der Waals surface area contributed by atoms with Crippen molar-refractivity contribution in [1.29, 1.82) is 0 Å². The Balaban J connectivity index is 2.46. The second-order valence-electron chi connectivity index (χ2n) is 3.39. The molecule has 1 aliphatic rings. The van der Waals surface area contributed by atoms with Gasteiger partial charge in [-0.1, -0.05) is 0 Å². The first-order chi connectivity index (χ1) is 6.97. The van der Waals surface area contributed by atoms with Crippen LogP contribution in [0.25, 0.3) is 0 Å². The zero-order valence-corrected chi connectivity index (χ0v) is 8.16. The first kappa shape index (κ1) is 12.3. The Morgan fingerprint density at radius 2 is 2.13 bits per heavy atom. The Morgan fingerprint density at radius 1 is 1.60 bits per heavy atom. The summed E-state index contributed by atoms with van der Waals surface area (Å²) in [7, 11) is 0. The van der Waals surface area contributed by atoms with Crippen molar-refractivity contribution in [3.63, 3.8) is 0 Å². The summed E-state index contributed by atoms with van der Waals surface area (Å²) in [5.41, 5.74) is 5.17. The van der Waals surface area contributed by atoms with Gasteiger partial charge in [0.05, 0.1) is 6.61 Å². The van der Waals surface area contributed by atoms with Gasteiger partial charge in [-0.3, -0.25) is 4.84 Å². The summed E-state index contributed by atoms with van der Waals surface area (Å²) in [5, 5.41) is 31.8. The Labute approximate surface area is 86.5 Å². The highest BCUT2D eigenvalue weighted by Gasteiger charge is 2.29. The van der Waals surface area contributed by atoms with Crippen molar-refractivity contribution < 1.29 is 19.5 Å². The summed E-state index contributed by atoms with van der Waals surface area (Å²) in [5.74, 6) is -0.952. The molecule has 0 saturated carbocycles. The molecule has 8 nitrogen and oxygen atoms in total. The second kappa shape index (κ2) is 4.84. The molecule has 1 heterocycles. The number of carbonyl (C=O) groups excluding carboxylic acids is 1. The van der Waals surface area contributed by atoms with Crippen LogP contribution in [0.4, 0.5) is 0 Å². The SMILES string of the molecule is N[C@@H](CO)C(=O)O[N+]1([O-])CCN([O-])CC1. The molecule has 0 aromatic carbocycles. The monoisotopic (exact) mass is 220 g/mol. The summed E-state index contributed by atoms with van der Waals surface area (Å²) in [6, 6.07) is -1.21. The van der Waals surface area contributed by atoms with Crippen LogP contribution in [0.2, 0.25) is 0 Å². The molecular weight excluding hydrogens is 206 g/mol. The van der Waals surface area contributed by atoms with E-state index in [4.69, 9.17) is 10.8 Å². The summed E-state index contributed by atoms with van der Waals surface area (Å²) in [4.78, 5) is 14.5. The number of aliphatic hydroxyl groups excluding tert-OH is 1. The van der Waals surface area contributed by atoms with E-state index < -0.39 is 23.4 Å². The Kier molecular flexibility index (Phi) is 3.97. The molecule has 88 valence electrons. The van der Waals surface area contributed by atoms with Crippen LogP contribution in [0.3, 0.4) is 0 Å². The topological polar surface area (TPSA) is 122 Å². The normalized spacial score (nSPS) is 23.5. The Bertz CT molecular complexity index is 229. The summed E-state index contributed by atoms with van der Waals surface area (Å²) >= 11 is 0. The number of hydrogen-bond acceptors (Lipinski definition) is 7. The van der Waals surface area contributed by atoms with Gasteiger partial charge in [0.15, 0.2) is 0 Å². The van der Waals surface area contributed by atoms with E-state index in [9.17, 15) is 15.2 Å². The maximum Gasteiger partial charge on any atom is 0.385 e. The Morgan fingerprint density at radius 3 is 2.60 bits per heavy atom. The van der Waals surface area contributed by atoms with Gasteiger partial charge in [-0.05, 0) is 0 Å². The minimum Gasteiger partial charge on any atom is -0.785 e. The molecule has 0 amide bonds. The maximum atomic E-state index is 11.7. The van der Waals surface area contributed by atoms with E-state index in [-0.39, 0.29) is 26.2 Å². The predicted octanol–water partition coefficient (Wildman–Crippen LogP) is -2.11. The molecule has 0 unspecified atom stereocenters. The zero-order chi connectivity index (χ0) is 11.5. The van der Waals surface area contributed by atoms with E-state index >= 15 is 0 Å². The molecule has 0 aliphatic carbocycles. The number of carbonyl (C=O) groups is 1. The van der Waals surface area contributed by atoms with Crippen LogP contribution < -0.4 is 5.73 Å². The van der Waals surface area contributed by atoms with Crippen LogP contribution in [-0.4, -0.2) is 59.8 Å². The molecular formula is C7H14N3O5-. The smallest absolute Gasteiger partial charge is 0.385 e. The van der Waals surface area contributed by atoms with Crippen molar-refractivity contribution in [2.24, 2.45) is 5.73 Å². The van der Waals surface area contributed by atoms with Crippen molar-refractivity contribution in [1.82, 2.24) is 5.06 Å². The number of quaternary nitrogens is 1. The number of hydrogen-bond donors (Lipinski definition) is 2. The van der Waals surface area contributed by atoms with E-state index in [1.807, 2.05) is 0 Å². The van der Waals surface area contributed by atoms with E-state index in [0.717, 1.165) is 5.06 Å². The van der Waals surface area contributed by atoms with Crippen LogP contribution >= 0.6 is 0 Å². The molecule has 1 aliphatic heterocycles. The van der Waals surface area contributed by atoms with Gasteiger partial charge in [0.25, 0.3) is 0 Å². The standard InChI is InChI=1S/C7H14N3O5/c8-6(5-11)7(12)15-10(14)3-1-9(13)2-4-10/h6,11H,1-5,8H2/q-1/t6-/m0/s1. The van der Waals surface area contributed by atoms with Gasteiger partial charge in [-0.25, -0.2) is 4.79 Å². The highest BCUT2D eigenvalue weighted by Crippen LogP contribution is 2.12. The first-order valence-electron chi connectivity index (χ1n) is 4.57. The van der Waals surface area contributed by atoms with Crippen LogP contribution in [0.1, 0.15) is 0 Å². The lowest BCUT2D eigenvalue weighted by Gasteiger charge is -2.46. The number of hydroxylamine groups is 6. The van der Waals surface area contributed by atoms with Crippen molar-refractivity contribution in [2.75, 3.05) is 32.8 Å². The summed E-state index contributed by atoms with van der Waals surface area (Å²) in [6.07, 6.45) is 0. The number of nitrogens with zero attached hydrogens (tertiary/aromatic N) is 2. The Hall–Kier alpha value is -0.770. The van der Waals surface area contributed by atoms with Gasteiger partial charge in [0.1, 0.15) is 19.1 Å². The largest absolute Gasteiger partial charge is 0.785 e. The van der Waals surface area contributed by atoms with Crippen molar-refractivity contribution in [3.05, 3.63) is 10.4 Å². The lowest BCUT2D eigenvalue weighted by molar-refractivity contribution is -1.05. The van der Waals surface area contributed by atoms with E-state index in [2.05, 4.69) is 4.84 Å². The second-order valence-corrected chi connectivity index (χ2v) is 3.39. The predicted molar refractivity (Wildman–Crippen MR) is 49.5 cm³/mol. The highest BCUT2D eigenvalue weighted by atomic mass is 16.9. The summed E-state index contributed by atoms with van der Waals surface area (Å²) in [6.45, 7) is -0.774. The molecule has 1 atom stereocenters. The fourth-order valence-electron chi connectivity index (χ4n) is 1.15. The third-order valence-corrected chi connectivity index (χ3v) is 2.14. The molecule has 0 bridgehead atoms. The third kappa shape index (κ3) is 3.38. The third-order valence-electron chi connectivity index (χ3n) is 2.14. The molecule has 0 spiro atoms. The van der Waals surface area contributed by atoms with Crippen molar-refractivity contribution in [3.8, 4) is 0 Å². The molecule has 1 fully saturated rings. The fraction of sp³-hybridized carbons (Fsp3) is 0.857. The van der Waals surface area contributed by atoms with Crippen LogP contribution in [0.15, 0.2) is 0 Å². The fourth-order valence-corrected chi connectivity index (χ4v) is 1.15. The van der Waals surface area contributed by atoms with Crippen molar-refractivity contribution in [2.45, 2.75) is 6.04 Å². The van der Waals surface area contributed by atoms with Gasteiger partial charge < -0.3 is 26.3 Å². The number of rotatable bonds is 3. The van der Waals surface area contributed by atoms with Gasteiger partial charge in [0.2, 0.25) is 0 Å². The van der Waals surface area contributed by atoms with Gasteiger partial charge in [-0.15, -0.1) is 0 Å². The molecule has 0 radical (unpaired) electrons. The van der Waals surface area contributed by atoms with E-state index in [0.29, 0.717) is 0 Å². The van der Waals surface area contributed by atoms with Crippen LogP contribution in [-0.2, 0) is 9.63 Å². The first-order valence-corrected chi connectivity index (χ1v) is 4.57. The van der Waals surface area contributed by atoms with Gasteiger partial charge in [0, 0.05) is 13.1 Å². The number of piperazine rings is 1. The lowest BCUT2D eigenvalue weighted by Crippen LogP contribution is -2.57. The molecule has 1 rings (SSSR count). The number of aliphatic hydroxyl groups is 1. The van der Waals surface area contributed by atoms with Gasteiger partial charge in [-0.2, -0.15) is 4.81 Å². The average molecular weight is 220 g/mol. The van der Waals surface area contributed by atoms with E-state index in [1.54, 1.807) is 0 Å². The van der Waals surface area contributed by atoms with E-state index in [1.165, 1.54) is 0 Å². The van der Waals surface area contributed by atoms with Crippen LogP contribution in [0, 0.1) is 10.4 Å².